The lowest BCUT2D eigenvalue weighted by Crippen LogP contribution is -2.38. The smallest absolute Gasteiger partial charge is 0.276 e. The SMILES string of the molecule is COCC[C@H](C)N1CCc2cc(C(=O)NO)cnc2C1. The molecule has 0 saturated heterocycles. The minimum Gasteiger partial charge on any atom is -0.385 e. The highest BCUT2D eigenvalue weighted by molar-refractivity contribution is 5.93. The number of nitrogens with zero attached hydrogens (tertiary/aromatic N) is 2. The third kappa shape index (κ3) is 3.33. The molecule has 0 bridgehead atoms. The predicted molar refractivity (Wildman–Crippen MR) is 73.6 cm³/mol. The van der Waals surface area contributed by atoms with Gasteiger partial charge in [-0.2, -0.15) is 0 Å². The van der Waals surface area contributed by atoms with Crippen LogP contribution in [-0.4, -0.2) is 47.3 Å². The summed E-state index contributed by atoms with van der Waals surface area (Å²) in [5.41, 5.74) is 4.12. The van der Waals surface area contributed by atoms with Crippen molar-refractivity contribution in [3.63, 3.8) is 0 Å². The Balaban J connectivity index is 2.06. The van der Waals surface area contributed by atoms with Crippen molar-refractivity contribution in [1.82, 2.24) is 15.4 Å². The van der Waals surface area contributed by atoms with Gasteiger partial charge in [-0.3, -0.25) is 19.9 Å². The quantitative estimate of drug-likeness (QED) is 0.621. The molecule has 1 amide bonds. The molecule has 0 radical (unpaired) electrons. The van der Waals surface area contributed by atoms with E-state index < -0.39 is 5.91 Å². The molecule has 0 saturated carbocycles. The van der Waals surface area contributed by atoms with Crippen LogP contribution in [0.15, 0.2) is 12.3 Å². The summed E-state index contributed by atoms with van der Waals surface area (Å²) < 4.78 is 5.12. The fourth-order valence-corrected chi connectivity index (χ4v) is 2.47. The maximum atomic E-state index is 11.4. The molecule has 0 spiro atoms. The van der Waals surface area contributed by atoms with E-state index in [0.717, 1.165) is 43.8 Å². The number of amides is 1. The molecule has 0 fully saturated rings. The molecule has 1 aromatic heterocycles. The number of hydrogen-bond acceptors (Lipinski definition) is 5. The minimum atomic E-state index is -0.517. The van der Waals surface area contributed by atoms with Crippen LogP contribution in [0, 0.1) is 0 Å². The summed E-state index contributed by atoms with van der Waals surface area (Å²) in [6, 6.07) is 2.26. The van der Waals surface area contributed by atoms with Gasteiger partial charge in [-0.15, -0.1) is 0 Å². The number of hydrogen-bond donors (Lipinski definition) is 2. The van der Waals surface area contributed by atoms with E-state index in [0.29, 0.717) is 11.6 Å². The Labute approximate surface area is 118 Å². The monoisotopic (exact) mass is 279 g/mol. The molecule has 2 N–H and O–H groups in total. The summed E-state index contributed by atoms with van der Waals surface area (Å²) in [6.07, 6.45) is 3.37. The van der Waals surface area contributed by atoms with E-state index in [1.54, 1.807) is 12.6 Å². The number of carbonyl (C=O) groups is 1. The fraction of sp³-hybridized carbons (Fsp3) is 0.571. The summed E-state index contributed by atoms with van der Waals surface area (Å²) >= 11 is 0. The number of hydroxylamine groups is 1. The fourth-order valence-electron chi connectivity index (χ4n) is 2.47. The number of methoxy groups -OCH3 is 1. The molecule has 2 heterocycles. The summed E-state index contributed by atoms with van der Waals surface area (Å²) in [7, 11) is 1.72. The molecule has 1 aliphatic rings. The zero-order valence-corrected chi connectivity index (χ0v) is 11.9. The zero-order chi connectivity index (χ0) is 14.5. The molecule has 110 valence electrons. The third-order valence-electron chi connectivity index (χ3n) is 3.81. The number of pyridine rings is 1. The molecule has 1 atom stereocenters. The first kappa shape index (κ1) is 14.9. The van der Waals surface area contributed by atoms with Gasteiger partial charge >= 0.3 is 0 Å². The molecule has 6 heteroatoms. The molecule has 1 aliphatic heterocycles. The minimum absolute atomic E-state index is 0.395. The highest BCUT2D eigenvalue weighted by Crippen LogP contribution is 2.20. The number of rotatable bonds is 5. The first-order chi connectivity index (χ1) is 9.65. The van der Waals surface area contributed by atoms with E-state index >= 15 is 0 Å². The van der Waals surface area contributed by atoms with Crippen LogP contribution in [0.1, 0.15) is 35.0 Å². The van der Waals surface area contributed by atoms with Crippen molar-refractivity contribution in [2.75, 3.05) is 20.3 Å². The van der Waals surface area contributed by atoms with Crippen molar-refractivity contribution in [3.05, 3.63) is 29.1 Å². The Morgan fingerprint density at radius 1 is 1.65 bits per heavy atom. The molecule has 2 rings (SSSR count). The Kier molecular flexibility index (Phi) is 5.05. The number of carbonyl (C=O) groups excluding carboxylic acids is 1. The summed E-state index contributed by atoms with van der Waals surface area (Å²) in [6.45, 7) is 4.69. The maximum Gasteiger partial charge on any atom is 0.276 e. The van der Waals surface area contributed by atoms with Crippen LogP contribution in [0.5, 0.6) is 0 Å². The van der Waals surface area contributed by atoms with Crippen LogP contribution in [0.4, 0.5) is 0 Å². The molecule has 20 heavy (non-hydrogen) atoms. The van der Waals surface area contributed by atoms with E-state index in [1.807, 2.05) is 6.07 Å². The van der Waals surface area contributed by atoms with E-state index in [9.17, 15) is 4.79 Å². The topological polar surface area (TPSA) is 74.7 Å². The molecule has 6 nitrogen and oxygen atoms in total. The van der Waals surface area contributed by atoms with E-state index in [1.165, 1.54) is 6.20 Å². The second-order valence-electron chi connectivity index (χ2n) is 5.12. The summed E-state index contributed by atoms with van der Waals surface area (Å²) in [4.78, 5) is 18.1. The van der Waals surface area contributed by atoms with Crippen LogP contribution in [0.2, 0.25) is 0 Å². The number of nitrogens with one attached hydrogen (secondary N) is 1. The van der Waals surface area contributed by atoms with Gasteiger partial charge in [0, 0.05) is 39.0 Å². The van der Waals surface area contributed by atoms with Crippen LogP contribution >= 0.6 is 0 Å². The van der Waals surface area contributed by atoms with Crippen molar-refractivity contribution >= 4 is 5.91 Å². The van der Waals surface area contributed by atoms with Gasteiger partial charge in [0.05, 0.1) is 11.3 Å². The lowest BCUT2D eigenvalue weighted by Gasteiger charge is -2.33. The van der Waals surface area contributed by atoms with Gasteiger partial charge < -0.3 is 4.74 Å². The van der Waals surface area contributed by atoms with Crippen LogP contribution in [-0.2, 0) is 17.7 Å². The summed E-state index contributed by atoms with van der Waals surface area (Å²) in [5.74, 6) is -0.517. The normalized spacial score (nSPS) is 16.6. The van der Waals surface area contributed by atoms with Gasteiger partial charge in [0.2, 0.25) is 0 Å². The molecule has 0 unspecified atom stereocenters. The first-order valence-corrected chi connectivity index (χ1v) is 6.81. The van der Waals surface area contributed by atoms with Crippen molar-refractivity contribution in [3.8, 4) is 0 Å². The van der Waals surface area contributed by atoms with Crippen molar-refractivity contribution < 1.29 is 14.7 Å². The second-order valence-corrected chi connectivity index (χ2v) is 5.12. The molecular formula is C14H21N3O3. The summed E-state index contributed by atoms with van der Waals surface area (Å²) in [5, 5.41) is 8.64. The Morgan fingerprint density at radius 2 is 2.45 bits per heavy atom. The van der Waals surface area contributed by atoms with Gasteiger partial charge in [-0.05, 0) is 31.4 Å². The zero-order valence-electron chi connectivity index (χ0n) is 11.9. The average Bonchev–Trinajstić information content (AvgIpc) is 2.50. The van der Waals surface area contributed by atoms with E-state index in [-0.39, 0.29) is 0 Å². The van der Waals surface area contributed by atoms with Crippen LogP contribution in [0.25, 0.3) is 0 Å². The predicted octanol–water partition coefficient (Wildman–Crippen LogP) is 0.984. The van der Waals surface area contributed by atoms with Gasteiger partial charge in [-0.1, -0.05) is 0 Å². The van der Waals surface area contributed by atoms with Crippen molar-refractivity contribution in [2.45, 2.75) is 32.4 Å². The molecular weight excluding hydrogens is 258 g/mol. The molecule has 0 aromatic carbocycles. The highest BCUT2D eigenvalue weighted by atomic mass is 16.5. The van der Waals surface area contributed by atoms with Gasteiger partial charge in [-0.25, -0.2) is 5.48 Å². The standard InChI is InChI=1S/C14H21N3O3/c1-10(4-6-20-2)17-5-3-11-7-12(14(18)16-19)8-15-13(11)9-17/h7-8,10,19H,3-6,9H2,1-2H3,(H,16,18)/t10-/m0/s1. The molecule has 1 aromatic rings. The van der Waals surface area contributed by atoms with Crippen molar-refractivity contribution in [1.29, 1.82) is 0 Å². The second kappa shape index (κ2) is 6.78. The van der Waals surface area contributed by atoms with E-state index in [2.05, 4.69) is 16.8 Å². The lowest BCUT2D eigenvalue weighted by atomic mass is 10.0. The number of aromatic nitrogens is 1. The Morgan fingerprint density at radius 3 is 3.15 bits per heavy atom. The number of ether oxygens (including phenoxy) is 1. The van der Waals surface area contributed by atoms with Gasteiger partial charge in [0.25, 0.3) is 5.91 Å². The highest BCUT2D eigenvalue weighted by Gasteiger charge is 2.22. The van der Waals surface area contributed by atoms with E-state index in [4.69, 9.17) is 9.94 Å². The largest absolute Gasteiger partial charge is 0.385 e. The van der Waals surface area contributed by atoms with Crippen LogP contribution < -0.4 is 5.48 Å². The molecule has 0 aliphatic carbocycles. The maximum absolute atomic E-state index is 11.4. The van der Waals surface area contributed by atoms with Gasteiger partial charge in [0.15, 0.2) is 0 Å². The van der Waals surface area contributed by atoms with Crippen LogP contribution in [0.3, 0.4) is 0 Å². The van der Waals surface area contributed by atoms with Gasteiger partial charge in [0.1, 0.15) is 0 Å². The van der Waals surface area contributed by atoms with Crippen molar-refractivity contribution in [2.24, 2.45) is 0 Å². The lowest BCUT2D eigenvalue weighted by molar-refractivity contribution is 0.0705. The number of fused-ring (bicyclic) bond motifs is 1. The first-order valence-electron chi connectivity index (χ1n) is 6.81. The Bertz CT molecular complexity index is 479. The third-order valence-corrected chi connectivity index (χ3v) is 3.81. The Hall–Kier alpha value is -1.50. The average molecular weight is 279 g/mol.